The molecule has 0 saturated carbocycles. The highest BCUT2D eigenvalue weighted by Crippen LogP contribution is 2.37. The zero-order chi connectivity index (χ0) is 15.9. The summed E-state index contributed by atoms with van der Waals surface area (Å²) in [4.78, 5) is 16.4. The first-order valence-corrected chi connectivity index (χ1v) is 9.28. The van der Waals surface area contributed by atoms with E-state index in [-0.39, 0.29) is 11.2 Å². The maximum atomic E-state index is 13.2. The molecule has 1 fully saturated rings. The average Bonchev–Trinajstić information content (AvgIpc) is 2.90. The number of benzene rings is 2. The molecule has 3 heteroatoms. The molecule has 1 unspecified atom stereocenters. The minimum atomic E-state index is -0.156. The number of hydrogen-bond acceptors (Lipinski definition) is 2. The minimum absolute atomic E-state index is 0.156. The van der Waals surface area contributed by atoms with Crippen LogP contribution in [-0.4, -0.2) is 23.9 Å². The molecular formula is C20H23NOS. The van der Waals surface area contributed by atoms with Crippen molar-refractivity contribution in [2.24, 2.45) is 0 Å². The monoisotopic (exact) mass is 325 g/mol. The fourth-order valence-electron chi connectivity index (χ4n) is 2.98. The summed E-state index contributed by atoms with van der Waals surface area (Å²) in [5, 5.41) is -0.156. The Morgan fingerprint density at radius 1 is 0.826 bits per heavy atom. The number of rotatable bonds is 4. The molecule has 120 valence electrons. The van der Waals surface area contributed by atoms with Crippen LogP contribution in [0.5, 0.6) is 0 Å². The van der Waals surface area contributed by atoms with Crippen molar-refractivity contribution in [3.63, 3.8) is 0 Å². The summed E-state index contributed by atoms with van der Waals surface area (Å²) in [6.07, 6.45) is 4.74. The lowest BCUT2D eigenvalue weighted by molar-refractivity contribution is -0.130. The van der Waals surface area contributed by atoms with E-state index < -0.39 is 0 Å². The Kier molecular flexibility index (Phi) is 5.76. The van der Waals surface area contributed by atoms with Crippen LogP contribution in [0.25, 0.3) is 0 Å². The van der Waals surface area contributed by atoms with E-state index in [2.05, 4.69) is 29.2 Å². The third-order valence-electron chi connectivity index (χ3n) is 4.24. The molecule has 0 spiro atoms. The van der Waals surface area contributed by atoms with E-state index in [1.54, 1.807) is 11.8 Å². The second kappa shape index (κ2) is 8.21. The standard InChI is InChI=1S/C20H23NOS/c22-20(21-15-9-1-2-10-16-21)19(17-11-5-3-6-12-17)23-18-13-7-4-8-14-18/h3-8,11-14,19H,1-2,9-10,15-16H2. The molecule has 0 aliphatic carbocycles. The SMILES string of the molecule is O=C(C(Sc1ccccc1)c1ccccc1)N1CCCCCC1. The van der Waals surface area contributed by atoms with Gasteiger partial charge in [-0.1, -0.05) is 61.4 Å². The van der Waals surface area contributed by atoms with Crippen molar-refractivity contribution in [3.05, 3.63) is 66.2 Å². The fraction of sp³-hybridized carbons (Fsp3) is 0.350. The fourth-order valence-corrected chi connectivity index (χ4v) is 4.11. The molecule has 1 heterocycles. The molecule has 1 atom stereocenters. The van der Waals surface area contributed by atoms with Gasteiger partial charge in [0.1, 0.15) is 5.25 Å². The highest BCUT2D eigenvalue weighted by Gasteiger charge is 2.27. The Hall–Kier alpha value is -1.74. The van der Waals surface area contributed by atoms with Crippen molar-refractivity contribution >= 4 is 17.7 Å². The normalized spacial score (nSPS) is 16.6. The summed E-state index contributed by atoms with van der Waals surface area (Å²) in [6, 6.07) is 20.4. The van der Waals surface area contributed by atoms with Gasteiger partial charge in [0.05, 0.1) is 0 Å². The smallest absolute Gasteiger partial charge is 0.240 e. The van der Waals surface area contributed by atoms with Crippen molar-refractivity contribution in [1.82, 2.24) is 4.90 Å². The van der Waals surface area contributed by atoms with Gasteiger partial charge in [-0.05, 0) is 30.5 Å². The molecule has 1 amide bonds. The van der Waals surface area contributed by atoms with Gasteiger partial charge in [0.2, 0.25) is 5.91 Å². The van der Waals surface area contributed by atoms with E-state index in [1.165, 1.54) is 12.8 Å². The van der Waals surface area contributed by atoms with Gasteiger partial charge in [-0.3, -0.25) is 4.79 Å². The zero-order valence-corrected chi connectivity index (χ0v) is 14.2. The number of thioether (sulfide) groups is 1. The molecule has 2 aromatic rings. The van der Waals surface area contributed by atoms with Crippen LogP contribution in [0, 0.1) is 0 Å². The van der Waals surface area contributed by atoms with Crippen molar-refractivity contribution in [1.29, 1.82) is 0 Å². The van der Waals surface area contributed by atoms with Crippen LogP contribution in [0.3, 0.4) is 0 Å². The lowest BCUT2D eigenvalue weighted by Crippen LogP contribution is -2.35. The molecule has 1 aliphatic heterocycles. The van der Waals surface area contributed by atoms with Crippen molar-refractivity contribution < 1.29 is 4.79 Å². The Morgan fingerprint density at radius 3 is 2.00 bits per heavy atom. The largest absolute Gasteiger partial charge is 0.341 e. The van der Waals surface area contributed by atoms with Gasteiger partial charge in [0.15, 0.2) is 0 Å². The molecule has 1 saturated heterocycles. The third-order valence-corrected chi connectivity index (χ3v) is 5.50. The summed E-state index contributed by atoms with van der Waals surface area (Å²) in [7, 11) is 0. The predicted octanol–water partition coefficient (Wildman–Crippen LogP) is 4.92. The summed E-state index contributed by atoms with van der Waals surface area (Å²) >= 11 is 1.66. The van der Waals surface area contributed by atoms with E-state index in [0.717, 1.165) is 36.4 Å². The number of nitrogens with zero attached hydrogens (tertiary/aromatic N) is 1. The highest BCUT2D eigenvalue weighted by molar-refractivity contribution is 8.00. The van der Waals surface area contributed by atoms with Crippen molar-refractivity contribution in [3.8, 4) is 0 Å². The summed E-state index contributed by atoms with van der Waals surface area (Å²) in [6.45, 7) is 1.80. The molecule has 0 radical (unpaired) electrons. The molecule has 1 aliphatic rings. The van der Waals surface area contributed by atoms with Crippen LogP contribution in [-0.2, 0) is 4.79 Å². The number of amides is 1. The second-order valence-electron chi connectivity index (χ2n) is 5.96. The second-order valence-corrected chi connectivity index (χ2v) is 7.14. The summed E-state index contributed by atoms with van der Waals surface area (Å²) in [5.74, 6) is 0.256. The number of likely N-dealkylation sites (tertiary alicyclic amines) is 1. The van der Waals surface area contributed by atoms with E-state index in [0.29, 0.717) is 0 Å². The summed E-state index contributed by atoms with van der Waals surface area (Å²) < 4.78 is 0. The first-order valence-electron chi connectivity index (χ1n) is 8.40. The predicted molar refractivity (Wildman–Crippen MR) is 96.5 cm³/mol. The number of carbonyl (C=O) groups is 1. The lowest BCUT2D eigenvalue weighted by Gasteiger charge is -2.26. The molecule has 3 rings (SSSR count). The average molecular weight is 325 g/mol. The maximum absolute atomic E-state index is 13.2. The first-order chi connectivity index (χ1) is 11.3. The molecule has 2 nitrogen and oxygen atoms in total. The van der Waals surface area contributed by atoms with E-state index in [9.17, 15) is 4.79 Å². The quantitative estimate of drug-likeness (QED) is 0.743. The van der Waals surface area contributed by atoms with Crippen molar-refractivity contribution in [2.45, 2.75) is 35.8 Å². The molecule has 0 bridgehead atoms. The minimum Gasteiger partial charge on any atom is -0.341 e. The zero-order valence-electron chi connectivity index (χ0n) is 13.4. The Bertz CT molecular complexity index is 606. The van der Waals surface area contributed by atoms with Crippen LogP contribution in [0.4, 0.5) is 0 Å². The van der Waals surface area contributed by atoms with Crippen LogP contribution in [0.1, 0.15) is 36.5 Å². The van der Waals surface area contributed by atoms with Crippen LogP contribution >= 0.6 is 11.8 Å². The van der Waals surface area contributed by atoms with E-state index in [1.807, 2.05) is 36.4 Å². The van der Waals surface area contributed by atoms with Gasteiger partial charge in [0.25, 0.3) is 0 Å². The first kappa shape index (κ1) is 16.1. The van der Waals surface area contributed by atoms with Gasteiger partial charge in [-0.15, -0.1) is 11.8 Å². The third kappa shape index (κ3) is 4.38. The molecule has 0 N–H and O–H groups in total. The molecule has 0 aromatic heterocycles. The summed E-state index contributed by atoms with van der Waals surface area (Å²) in [5.41, 5.74) is 1.09. The van der Waals surface area contributed by atoms with Crippen LogP contribution in [0.15, 0.2) is 65.6 Å². The molecule has 23 heavy (non-hydrogen) atoms. The van der Waals surface area contributed by atoms with Gasteiger partial charge in [-0.25, -0.2) is 0 Å². The van der Waals surface area contributed by atoms with Crippen LogP contribution < -0.4 is 0 Å². The van der Waals surface area contributed by atoms with Gasteiger partial charge < -0.3 is 4.90 Å². The highest BCUT2D eigenvalue weighted by atomic mass is 32.2. The van der Waals surface area contributed by atoms with Gasteiger partial charge in [0, 0.05) is 18.0 Å². The van der Waals surface area contributed by atoms with E-state index in [4.69, 9.17) is 0 Å². The molecular weight excluding hydrogens is 302 g/mol. The van der Waals surface area contributed by atoms with E-state index >= 15 is 0 Å². The Balaban J connectivity index is 1.83. The number of hydrogen-bond donors (Lipinski definition) is 0. The Labute approximate surface area is 142 Å². The van der Waals surface area contributed by atoms with Gasteiger partial charge >= 0.3 is 0 Å². The van der Waals surface area contributed by atoms with Gasteiger partial charge in [-0.2, -0.15) is 0 Å². The Morgan fingerprint density at radius 2 is 1.39 bits per heavy atom. The lowest BCUT2D eigenvalue weighted by atomic mass is 10.1. The number of carbonyl (C=O) groups excluding carboxylic acids is 1. The topological polar surface area (TPSA) is 20.3 Å². The van der Waals surface area contributed by atoms with Crippen molar-refractivity contribution in [2.75, 3.05) is 13.1 Å². The van der Waals surface area contributed by atoms with Crippen LogP contribution in [0.2, 0.25) is 0 Å². The molecule has 2 aromatic carbocycles. The maximum Gasteiger partial charge on any atom is 0.240 e.